The molecular weight excluding hydrogens is 554 g/mol. The second-order valence-corrected chi connectivity index (χ2v) is 10.4. The molecule has 0 aliphatic carbocycles. The lowest BCUT2D eigenvalue weighted by atomic mass is 10.1. The van der Waals surface area contributed by atoms with E-state index < -0.39 is 0 Å². The number of ether oxygens (including phenoxy) is 5. The third-order valence-corrected chi connectivity index (χ3v) is 7.64. The number of rotatable bonds is 14. The van der Waals surface area contributed by atoms with E-state index >= 15 is 0 Å². The number of nitrogens with zero attached hydrogens (tertiary/aromatic N) is 3. The molecule has 11 nitrogen and oxygen atoms in total. The van der Waals surface area contributed by atoms with Gasteiger partial charge in [-0.1, -0.05) is 6.07 Å². The normalized spacial score (nSPS) is 14.4. The van der Waals surface area contributed by atoms with Gasteiger partial charge in [-0.05, 0) is 60.9 Å². The molecule has 2 aliphatic rings. The maximum atomic E-state index is 13.9. The van der Waals surface area contributed by atoms with Crippen LogP contribution in [0.2, 0.25) is 0 Å². The summed E-state index contributed by atoms with van der Waals surface area (Å²) in [6.07, 6.45) is 2.90. The molecule has 0 spiro atoms. The highest BCUT2D eigenvalue weighted by atomic mass is 16.7. The van der Waals surface area contributed by atoms with Crippen molar-refractivity contribution in [3.8, 4) is 23.0 Å². The first-order chi connectivity index (χ1) is 21.0. The fourth-order valence-electron chi connectivity index (χ4n) is 5.22. The summed E-state index contributed by atoms with van der Waals surface area (Å²) in [7, 11) is 3.19. The Kier molecular flexibility index (Phi) is 10.4. The van der Waals surface area contributed by atoms with E-state index in [1.54, 1.807) is 54.5 Å². The van der Waals surface area contributed by atoms with Crippen LogP contribution in [0.5, 0.6) is 23.0 Å². The SMILES string of the molecule is COc1ccc(CCN(Cc2ccco2)C(=O)CN(CCCN2CCOCC2)C(=O)c2ccc3c(c2)OCO3)cc1OC. The number of amides is 2. The first-order valence-electron chi connectivity index (χ1n) is 14.5. The summed E-state index contributed by atoms with van der Waals surface area (Å²) in [5, 5.41) is 0. The molecule has 0 saturated carbocycles. The fourth-order valence-corrected chi connectivity index (χ4v) is 5.22. The zero-order valence-corrected chi connectivity index (χ0v) is 24.8. The second-order valence-electron chi connectivity index (χ2n) is 10.4. The largest absolute Gasteiger partial charge is 0.493 e. The minimum Gasteiger partial charge on any atom is -0.493 e. The molecule has 2 aromatic carbocycles. The van der Waals surface area contributed by atoms with Crippen molar-refractivity contribution in [1.29, 1.82) is 0 Å². The Balaban J connectivity index is 1.31. The zero-order valence-electron chi connectivity index (χ0n) is 24.8. The first-order valence-corrected chi connectivity index (χ1v) is 14.5. The Hall–Kier alpha value is -4.22. The number of carbonyl (C=O) groups is 2. The summed E-state index contributed by atoms with van der Waals surface area (Å²) in [4.78, 5) is 33.4. The quantitative estimate of drug-likeness (QED) is 0.278. The topological polar surface area (TPSA) is 103 Å². The van der Waals surface area contributed by atoms with E-state index in [2.05, 4.69) is 4.90 Å². The Morgan fingerprint density at radius 1 is 0.907 bits per heavy atom. The summed E-state index contributed by atoms with van der Waals surface area (Å²) >= 11 is 0. The lowest BCUT2D eigenvalue weighted by Gasteiger charge is -2.30. The third kappa shape index (κ3) is 7.99. The van der Waals surface area contributed by atoms with Crippen molar-refractivity contribution < 1.29 is 37.7 Å². The molecule has 3 heterocycles. The lowest BCUT2D eigenvalue weighted by molar-refractivity contribution is -0.132. The van der Waals surface area contributed by atoms with E-state index in [0.29, 0.717) is 73.6 Å². The third-order valence-electron chi connectivity index (χ3n) is 7.64. The van der Waals surface area contributed by atoms with Crippen molar-refractivity contribution in [3.05, 3.63) is 71.7 Å². The Labute approximate surface area is 251 Å². The molecule has 3 aromatic rings. The van der Waals surface area contributed by atoms with Gasteiger partial charge in [0.1, 0.15) is 12.3 Å². The van der Waals surface area contributed by atoms with Gasteiger partial charge in [0.25, 0.3) is 5.91 Å². The molecule has 2 aliphatic heterocycles. The Morgan fingerprint density at radius 2 is 1.72 bits per heavy atom. The zero-order chi connectivity index (χ0) is 30.0. The molecule has 0 bridgehead atoms. The highest BCUT2D eigenvalue weighted by Crippen LogP contribution is 2.33. The average molecular weight is 594 g/mol. The number of benzene rings is 2. The van der Waals surface area contributed by atoms with Crippen molar-refractivity contribution in [2.24, 2.45) is 0 Å². The van der Waals surface area contributed by atoms with Crippen LogP contribution in [0.3, 0.4) is 0 Å². The molecule has 230 valence electrons. The monoisotopic (exact) mass is 593 g/mol. The summed E-state index contributed by atoms with van der Waals surface area (Å²) < 4.78 is 32.8. The van der Waals surface area contributed by atoms with Gasteiger partial charge in [-0.25, -0.2) is 0 Å². The van der Waals surface area contributed by atoms with E-state index in [9.17, 15) is 9.59 Å². The van der Waals surface area contributed by atoms with Crippen LogP contribution in [0.1, 0.15) is 28.1 Å². The predicted molar refractivity (Wildman–Crippen MR) is 158 cm³/mol. The van der Waals surface area contributed by atoms with Crippen LogP contribution in [0.15, 0.2) is 59.2 Å². The van der Waals surface area contributed by atoms with Crippen molar-refractivity contribution in [2.45, 2.75) is 19.4 Å². The fraction of sp³-hybridized carbons (Fsp3) is 0.438. The van der Waals surface area contributed by atoms with E-state index in [1.807, 2.05) is 24.3 Å². The van der Waals surface area contributed by atoms with E-state index in [4.69, 9.17) is 28.1 Å². The average Bonchev–Trinajstić information content (AvgIpc) is 3.74. The second kappa shape index (κ2) is 14.8. The van der Waals surface area contributed by atoms with Crippen molar-refractivity contribution in [3.63, 3.8) is 0 Å². The summed E-state index contributed by atoms with van der Waals surface area (Å²) in [6.45, 7) is 5.16. The molecule has 0 N–H and O–H groups in total. The number of carbonyl (C=O) groups excluding carboxylic acids is 2. The van der Waals surface area contributed by atoms with Gasteiger partial charge in [-0.2, -0.15) is 0 Å². The highest BCUT2D eigenvalue weighted by Gasteiger charge is 2.25. The molecule has 5 rings (SSSR count). The minimum absolute atomic E-state index is 0.0664. The van der Waals surface area contributed by atoms with E-state index in [-0.39, 0.29) is 25.2 Å². The van der Waals surface area contributed by atoms with Crippen LogP contribution in [-0.4, -0.2) is 100 Å². The van der Waals surface area contributed by atoms with Gasteiger partial charge in [0.2, 0.25) is 12.7 Å². The smallest absolute Gasteiger partial charge is 0.254 e. The Bertz CT molecular complexity index is 1360. The van der Waals surface area contributed by atoms with Crippen LogP contribution >= 0.6 is 0 Å². The predicted octanol–water partition coefficient (Wildman–Crippen LogP) is 3.46. The van der Waals surface area contributed by atoms with Crippen molar-refractivity contribution in [1.82, 2.24) is 14.7 Å². The standard InChI is InChI=1S/C32H39N3O8/c1-38-27-8-6-24(19-29(27)39-2)10-13-34(21-26-5-3-16-41-26)31(36)22-35(12-4-11-33-14-17-40-18-15-33)32(37)25-7-9-28-30(20-25)43-23-42-28/h3,5-9,16,19-20H,4,10-15,17-18,21-23H2,1-2H3. The molecule has 0 radical (unpaired) electrons. The van der Waals surface area contributed by atoms with Gasteiger partial charge in [0, 0.05) is 38.3 Å². The molecule has 0 unspecified atom stereocenters. The molecule has 0 atom stereocenters. The summed E-state index contributed by atoms with van der Waals surface area (Å²) in [5.74, 6) is 2.67. The Morgan fingerprint density at radius 3 is 2.49 bits per heavy atom. The molecule has 1 saturated heterocycles. The van der Waals surface area contributed by atoms with E-state index in [1.165, 1.54) is 0 Å². The van der Waals surface area contributed by atoms with Crippen LogP contribution < -0.4 is 18.9 Å². The van der Waals surface area contributed by atoms with E-state index in [0.717, 1.165) is 31.6 Å². The number of fused-ring (bicyclic) bond motifs is 1. The van der Waals surface area contributed by atoms with Gasteiger partial charge < -0.3 is 37.9 Å². The van der Waals surface area contributed by atoms with Crippen molar-refractivity contribution in [2.75, 3.05) is 73.5 Å². The van der Waals surface area contributed by atoms with Crippen LogP contribution in [0.25, 0.3) is 0 Å². The first kappa shape index (κ1) is 30.2. The van der Waals surface area contributed by atoms with Gasteiger partial charge in [0.15, 0.2) is 23.0 Å². The molecule has 1 aromatic heterocycles. The van der Waals surface area contributed by atoms with Gasteiger partial charge in [-0.3, -0.25) is 14.5 Å². The highest BCUT2D eigenvalue weighted by molar-refractivity contribution is 5.97. The van der Waals surface area contributed by atoms with Gasteiger partial charge >= 0.3 is 0 Å². The maximum Gasteiger partial charge on any atom is 0.254 e. The van der Waals surface area contributed by atoms with Crippen molar-refractivity contribution >= 4 is 11.8 Å². The number of morpholine rings is 1. The molecule has 1 fully saturated rings. The minimum atomic E-state index is -0.230. The summed E-state index contributed by atoms with van der Waals surface area (Å²) in [6, 6.07) is 14.5. The van der Waals surface area contributed by atoms with Crippen LogP contribution in [0, 0.1) is 0 Å². The number of hydrogen-bond donors (Lipinski definition) is 0. The number of furan rings is 1. The van der Waals surface area contributed by atoms with Gasteiger partial charge in [-0.15, -0.1) is 0 Å². The molecule has 43 heavy (non-hydrogen) atoms. The molecule has 11 heteroatoms. The van der Waals surface area contributed by atoms with Gasteiger partial charge in [0.05, 0.1) is 40.2 Å². The molecular formula is C32H39N3O8. The number of methoxy groups -OCH3 is 2. The lowest BCUT2D eigenvalue weighted by Crippen LogP contribution is -2.44. The summed E-state index contributed by atoms with van der Waals surface area (Å²) in [5.41, 5.74) is 1.44. The van der Waals surface area contributed by atoms with Crippen LogP contribution in [0.4, 0.5) is 0 Å². The number of hydrogen-bond acceptors (Lipinski definition) is 9. The maximum absolute atomic E-state index is 13.9. The van der Waals surface area contributed by atoms with Crippen LogP contribution in [-0.2, 0) is 22.5 Å². The molecule has 2 amide bonds.